The summed E-state index contributed by atoms with van der Waals surface area (Å²) in [5.41, 5.74) is 0.445. The number of hydrogen-bond donors (Lipinski definition) is 2. The van der Waals surface area contributed by atoms with E-state index in [9.17, 15) is 9.90 Å². The van der Waals surface area contributed by atoms with E-state index in [1.54, 1.807) is 18.2 Å². The first kappa shape index (κ1) is 17.5. The van der Waals surface area contributed by atoms with Gasteiger partial charge in [-0.3, -0.25) is 9.69 Å². The summed E-state index contributed by atoms with van der Waals surface area (Å²) in [6.45, 7) is 3.02. The van der Waals surface area contributed by atoms with E-state index in [4.69, 9.17) is 23.2 Å². The number of benzene rings is 1. The van der Waals surface area contributed by atoms with Crippen molar-refractivity contribution in [3.05, 3.63) is 28.2 Å². The Morgan fingerprint density at radius 2 is 2.09 bits per heavy atom. The molecule has 122 valence electrons. The lowest BCUT2D eigenvalue weighted by atomic mass is 9.96. The van der Waals surface area contributed by atoms with Gasteiger partial charge < -0.3 is 10.4 Å². The van der Waals surface area contributed by atoms with E-state index in [-0.39, 0.29) is 18.5 Å². The molecule has 2 rings (SSSR count). The lowest BCUT2D eigenvalue weighted by molar-refractivity contribution is -0.119. The van der Waals surface area contributed by atoms with Crippen LogP contribution in [0.5, 0.6) is 0 Å². The molecule has 2 unspecified atom stereocenters. The highest BCUT2D eigenvalue weighted by Gasteiger charge is 2.29. The molecule has 1 amide bonds. The highest BCUT2D eigenvalue weighted by Crippen LogP contribution is 2.30. The fourth-order valence-corrected chi connectivity index (χ4v) is 3.39. The maximum absolute atomic E-state index is 12.3. The van der Waals surface area contributed by atoms with Gasteiger partial charge in [0.2, 0.25) is 5.91 Å². The second-order valence-electron chi connectivity index (χ2n) is 5.65. The Balaban J connectivity index is 2.01. The zero-order chi connectivity index (χ0) is 16.1. The lowest BCUT2D eigenvalue weighted by Gasteiger charge is -2.37. The Labute approximate surface area is 141 Å². The molecular weight excluding hydrogens is 323 g/mol. The van der Waals surface area contributed by atoms with Crippen LogP contribution in [0.3, 0.4) is 0 Å². The minimum Gasteiger partial charge on any atom is -0.392 e. The van der Waals surface area contributed by atoms with E-state index in [1.807, 2.05) is 6.92 Å². The van der Waals surface area contributed by atoms with Gasteiger partial charge in [-0.2, -0.15) is 0 Å². The van der Waals surface area contributed by atoms with Gasteiger partial charge >= 0.3 is 0 Å². The summed E-state index contributed by atoms with van der Waals surface area (Å²) in [6.07, 6.45) is 3.37. The van der Waals surface area contributed by atoms with Crippen LogP contribution >= 0.6 is 23.2 Å². The van der Waals surface area contributed by atoms with Crippen LogP contribution in [0.1, 0.15) is 32.6 Å². The van der Waals surface area contributed by atoms with Crippen molar-refractivity contribution in [1.29, 1.82) is 0 Å². The molecule has 1 saturated heterocycles. The fraction of sp³-hybridized carbons (Fsp3) is 0.562. The molecule has 1 aromatic carbocycles. The van der Waals surface area contributed by atoms with Gasteiger partial charge in [0.15, 0.2) is 0 Å². The van der Waals surface area contributed by atoms with Crippen LogP contribution in [0.4, 0.5) is 5.69 Å². The number of piperidine rings is 1. The number of anilines is 1. The van der Waals surface area contributed by atoms with Crippen LogP contribution < -0.4 is 5.32 Å². The first-order chi connectivity index (χ1) is 10.5. The monoisotopic (exact) mass is 344 g/mol. The summed E-state index contributed by atoms with van der Waals surface area (Å²) in [4.78, 5) is 14.3. The molecule has 1 aromatic rings. The number of aliphatic hydroxyl groups excluding tert-OH is 1. The van der Waals surface area contributed by atoms with Crippen molar-refractivity contribution >= 4 is 34.8 Å². The van der Waals surface area contributed by atoms with E-state index < -0.39 is 6.10 Å². The average molecular weight is 345 g/mol. The van der Waals surface area contributed by atoms with Crippen molar-refractivity contribution in [3.63, 3.8) is 0 Å². The van der Waals surface area contributed by atoms with Crippen LogP contribution in [0.25, 0.3) is 0 Å². The second-order valence-corrected chi connectivity index (χ2v) is 6.47. The van der Waals surface area contributed by atoms with E-state index in [0.29, 0.717) is 22.2 Å². The molecule has 0 bridgehead atoms. The summed E-state index contributed by atoms with van der Waals surface area (Å²) < 4.78 is 0. The number of nitrogens with one attached hydrogen (secondary N) is 1. The zero-order valence-corrected chi connectivity index (χ0v) is 14.2. The normalized spacial score (nSPS) is 20.6. The molecule has 1 aliphatic rings. The summed E-state index contributed by atoms with van der Waals surface area (Å²) in [5.74, 6) is -0.162. The highest BCUT2D eigenvalue weighted by molar-refractivity contribution is 6.39. The Kier molecular flexibility index (Phi) is 6.50. The lowest BCUT2D eigenvalue weighted by Crippen LogP contribution is -2.49. The Morgan fingerprint density at radius 3 is 2.73 bits per heavy atom. The predicted octanol–water partition coefficient (Wildman–Crippen LogP) is 3.56. The molecule has 0 radical (unpaired) electrons. The molecule has 0 aromatic heterocycles. The van der Waals surface area contributed by atoms with Gasteiger partial charge in [-0.25, -0.2) is 0 Å². The quantitative estimate of drug-likeness (QED) is 0.858. The van der Waals surface area contributed by atoms with Gasteiger partial charge in [0.1, 0.15) is 0 Å². The van der Waals surface area contributed by atoms with E-state index >= 15 is 0 Å². The third kappa shape index (κ3) is 4.35. The molecule has 22 heavy (non-hydrogen) atoms. The minimum absolute atomic E-state index is 0.0474. The number of hydrogen-bond acceptors (Lipinski definition) is 3. The Bertz CT molecular complexity index is 505. The number of carbonyl (C=O) groups excluding carboxylic acids is 1. The van der Waals surface area contributed by atoms with Crippen LogP contribution in [-0.2, 0) is 4.79 Å². The first-order valence-corrected chi connectivity index (χ1v) is 8.44. The topological polar surface area (TPSA) is 52.6 Å². The van der Waals surface area contributed by atoms with Crippen molar-refractivity contribution in [3.8, 4) is 0 Å². The molecule has 0 spiro atoms. The molecule has 1 fully saturated rings. The van der Waals surface area contributed by atoms with E-state index in [1.165, 1.54) is 0 Å². The summed E-state index contributed by atoms with van der Waals surface area (Å²) in [5, 5.41) is 13.7. The molecule has 4 nitrogen and oxygen atoms in total. The minimum atomic E-state index is -0.392. The summed E-state index contributed by atoms with van der Waals surface area (Å²) >= 11 is 12.1. The number of nitrogens with zero attached hydrogens (tertiary/aromatic N) is 1. The number of carbonyl (C=O) groups is 1. The molecule has 1 heterocycles. The average Bonchev–Trinajstić information content (AvgIpc) is 2.51. The SMILES string of the molecule is CCC(O)C1CCCCN1CC(=O)Nc1c(Cl)cccc1Cl. The van der Waals surface area contributed by atoms with Crippen molar-refractivity contribution in [2.75, 3.05) is 18.4 Å². The highest BCUT2D eigenvalue weighted by atomic mass is 35.5. The van der Waals surface area contributed by atoms with Gasteiger partial charge in [-0.15, -0.1) is 0 Å². The maximum atomic E-state index is 12.3. The maximum Gasteiger partial charge on any atom is 0.238 e. The number of rotatable bonds is 5. The molecule has 2 N–H and O–H groups in total. The predicted molar refractivity (Wildman–Crippen MR) is 90.6 cm³/mol. The number of para-hydroxylation sites is 1. The van der Waals surface area contributed by atoms with Crippen LogP contribution in [0.2, 0.25) is 10.0 Å². The Hall–Kier alpha value is -0.810. The largest absolute Gasteiger partial charge is 0.392 e. The number of amides is 1. The van der Waals surface area contributed by atoms with Crippen molar-refractivity contribution in [1.82, 2.24) is 4.90 Å². The fourth-order valence-electron chi connectivity index (χ4n) is 2.90. The van der Waals surface area contributed by atoms with Crippen molar-refractivity contribution < 1.29 is 9.90 Å². The molecular formula is C16H22Cl2N2O2. The van der Waals surface area contributed by atoms with Crippen LogP contribution in [-0.4, -0.2) is 41.1 Å². The van der Waals surface area contributed by atoms with E-state index in [0.717, 1.165) is 25.8 Å². The summed E-state index contributed by atoms with van der Waals surface area (Å²) in [6, 6.07) is 5.16. The smallest absolute Gasteiger partial charge is 0.238 e. The molecule has 0 aliphatic carbocycles. The molecule has 1 aliphatic heterocycles. The van der Waals surface area contributed by atoms with Gasteiger partial charge in [0, 0.05) is 6.04 Å². The van der Waals surface area contributed by atoms with Gasteiger partial charge in [-0.05, 0) is 37.9 Å². The van der Waals surface area contributed by atoms with Gasteiger partial charge in [0.25, 0.3) is 0 Å². The molecule has 2 atom stereocenters. The van der Waals surface area contributed by atoms with Gasteiger partial charge in [-0.1, -0.05) is 42.6 Å². The molecule has 6 heteroatoms. The van der Waals surface area contributed by atoms with E-state index in [2.05, 4.69) is 10.2 Å². The third-order valence-corrected chi connectivity index (χ3v) is 4.73. The number of aliphatic hydroxyl groups is 1. The zero-order valence-electron chi connectivity index (χ0n) is 12.7. The standard InChI is InChI=1S/C16H22Cl2N2O2/c1-2-14(21)13-8-3-4-9-20(13)10-15(22)19-16-11(17)6-5-7-12(16)18/h5-7,13-14,21H,2-4,8-10H2,1H3,(H,19,22). The third-order valence-electron chi connectivity index (χ3n) is 4.10. The van der Waals surface area contributed by atoms with Crippen molar-refractivity contribution in [2.45, 2.75) is 44.8 Å². The number of likely N-dealkylation sites (tertiary alicyclic amines) is 1. The van der Waals surface area contributed by atoms with Crippen LogP contribution in [0.15, 0.2) is 18.2 Å². The number of halogens is 2. The van der Waals surface area contributed by atoms with Crippen molar-refractivity contribution in [2.24, 2.45) is 0 Å². The molecule has 0 saturated carbocycles. The van der Waals surface area contributed by atoms with Gasteiger partial charge in [0.05, 0.1) is 28.4 Å². The second kappa shape index (κ2) is 8.16. The first-order valence-electron chi connectivity index (χ1n) is 7.69. The van der Waals surface area contributed by atoms with Crippen LogP contribution in [0, 0.1) is 0 Å². The summed E-state index contributed by atoms with van der Waals surface area (Å²) in [7, 11) is 0. The Morgan fingerprint density at radius 1 is 1.41 bits per heavy atom.